The number of benzene rings is 2. The Bertz CT molecular complexity index is 1060. The Morgan fingerprint density at radius 3 is 2.45 bits per heavy atom. The highest BCUT2D eigenvalue weighted by Crippen LogP contribution is 2.23. The van der Waals surface area contributed by atoms with Crippen LogP contribution >= 0.6 is 0 Å². The van der Waals surface area contributed by atoms with Crippen LogP contribution in [0.2, 0.25) is 0 Å². The molecule has 9 nitrogen and oxygen atoms in total. The number of nitriles is 2. The molecular weight excluding hydrogens is 422 g/mol. The van der Waals surface area contributed by atoms with Crippen LogP contribution in [0.5, 0.6) is 5.75 Å². The first-order valence-corrected chi connectivity index (χ1v) is 10.5. The van der Waals surface area contributed by atoms with Crippen molar-refractivity contribution in [2.45, 2.75) is 45.3 Å². The van der Waals surface area contributed by atoms with Crippen molar-refractivity contribution in [1.29, 1.82) is 10.5 Å². The second kappa shape index (κ2) is 12.6. The molecule has 0 fully saturated rings. The molecule has 0 aromatic heterocycles. The van der Waals surface area contributed by atoms with Gasteiger partial charge in [-0.25, -0.2) is 9.59 Å². The summed E-state index contributed by atoms with van der Waals surface area (Å²) in [7, 11) is 1.45. The van der Waals surface area contributed by atoms with Crippen LogP contribution in [-0.2, 0) is 4.74 Å². The summed E-state index contributed by atoms with van der Waals surface area (Å²) in [6, 6.07) is 15.0. The largest absolute Gasteiger partial charge is 0.495 e. The Morgan fingerprint density at radius 1 is 1.09 bits per heavy atom. The smallest absolute Gasteiger partial charge is 0.407 e. The monoisotopic (exact) mass is 449 g/mol. The van der Waals surface area contributed by atoms with Crippen LogP contribution in [-0.4, -0.2) is 25.3 Å². The van der Waals surface area contributed by atoms with Gasteiger partial charge in [0.05, 0.1) is 24.8 Å². The molecule has 2 aromatic carbocycles. The quantitative estimate of drug-likeness (QED) is 0.488. The second-order valence-electron chi connectivity index (χ2n) is 7.23. The molecule has 2 aromatic rings. The van der Waals surface area contributed by atoms with E-state index in [1.807, 2.05) is 25.1 Å². The van der Waals surface area contributed by atoms with Gasteiger partial charge in [0.15, 0.2) is 0 Å². The van der Waals surface area contributed by atoms with Gasteiger partial charge in [-0.2, -0.15) is 10.5 Å². The molecule has 9 heteroatoms. The Kier molecular flexibility index (Phi) is 9.54. The summed E-state index contributed by atoms with van der Waals surface area (Å²) in [5.41, 5.74) is 2.15. The van der Waals surface area contributed by atoms with Gasteiger partial charge < -0.3 is 25.4 Å². The number of ether oxygens (including phenoxy) is 2. The fourth-order valence-corrected chi connectivity index (χ4v) is 3.06. The van der Waals surface area contributed by atoms with Gasteiger partial charge in [-0.3, -0.25) is 0 Å². The lowest BCUT2D eigenvalue weighted by atomic mass is 10.1. The summed E-state index contributed by atoms with van der Waals surface area (Å²) in [6.07, 6.45) is 0.580. The molecule has 0 heterocycles. The van der Waals surface area contributed by atoms with Crippen molar-refractivity contribution < 1.29 is 19.1 Å². The number of rotatable bonds is 9. The Morgan fingerprint density at radius 2 is 1.82 bits per heavy atom. The highest BCUT2D eigenvalue weighted by Gasteiger charge is 2.16. The fourth-order valence-electron chi connectivity index (χ4n) is 3.06. The van der Waals surface area contributed by atoms with Gasteiger partial charge in [0.2, 0.25) is 0 Å². The highest BCUT2D eigenvalue weighted by atomic mass is 16.6. The van der Waals surface area contributed by atoms with Crippen molar-refractivity contribution >= 4 is 23.5 Å². The summed E-state index contributed by atoms with van der Waals surface area (Å²) in [6.45, 7) is 3.70. The number of alkyl carbamates (subject to hydrolysis) is 1. The van der Waals surface area contributed by atoms with Crippen molar-refractivity contribution in [2.24, 2.45) is 0 Å². The highest BCUT2D eigenvalue weighted by molar-refractivity contribution is 6.00. The van der Waals surface area contributed by atoms with E-state index in [0.29, 0.717) is 42.0 Å². The number of urea groups is 1. The van der Waals surface area contributed by atoms with Crippen LogP contribution in [0.3, 0.4) is 0 Å². The molecule has 0 radical (unpaired) electrons. The lowest BCUT2D eigenvalue weighted by Gasteiger charge is -2.19. The van der Waals surface area contributed by atoms with Gasteiger partial charge in [0.25, 0.3) is 0 Å². The first-order chi connectivity index (χ1) is 15.9. The number of carbonyl (C=O) groups excluding carboxylic acids is 2. The van der Waals surface area contributed by atoms with Crippen LogP contribution in [0, 0.1) is 22.7 Å². The molecular formula is C24H27N5O4. The zero-order valence-corrected chi connectivity index (χ0v) is 18.8. The standard InChI is InChI=1S/C24H27N5O4/c1-4-21(9-6-12-25)33-24(31)27-16(2)17-7-5-8-19(13-17)28-23(30)29-20-11-10-18(15-26)22(14-20)32-3/h5,7-8,10-11,13-14,16,21H,4,6,9H2,1-3H3,(H,27,31)(H2,28,29,30). The molecule has 3 N–H and O–H groups in total. The van der Waals surface area contributed by atoms with E-state index in [1.54, 1.807) is 43.3 Å². The number of nitrogens with zero attached hydrogens (tertiary/aromatic N) is 2. The lowest BCUT2D eigenvalue weighted by molar-refractivity contribution is 0.0886. The SMILES string of the molecule is CCC(CCC#N)OC(=O)NC(C)c1cccc(NC(=O)Nc2ccc(C#N)c(OC)c2)c1. The van der Waals surface area contributed by atoms with Crippen LogP contribution in [0.1, 0.15) is 50.3 Å². The van der Waals surface area contributed by atoms with E-state index in [9.17, 15) is 9.59 Å². The number of hydrogen-bond donors (Lipinski definition) is 3. The number of methoxy groups -OCH3 is 1. The van der Waals surface area contributed by atoms with Gasteiger partial charge in [-0.05, 0) is 49.6 Å². The number of anilines is 2. The van der Waals surface area contributed by atoms with E-state index < -0.39 is 12.1 Å². The number of hydrogen-bond acceptors (Lipinski definition) is 6. The molecule has 2 unspecified atom stereocenters. The van der Waals surface area contributed by atoms with Gasteiger partial charge in [0, 0.05) is 23.9 Å². The predicted molar refractivity (Wildman–Crippen MR) is 124 cm³/mol. The minimum absolute atomic E-state index is 0.311. The Balaban J connectivity index is 1.97. The summed E-state index contributed by atoms with van der Waals surface area (Å²) in [5.74, 6) is 0.363. The van der Waals surface area contributed by atoms with Gasteiger partial charge >= 0.3 is 12.1 Å². The van der Waals surface area contributed by atoms with Crippen molar-refractivity contribution in [3.63, 3.8) is 0 Å². The third-order valence-electron chi connectivity index (χ3n) is 4.87. The zero-order valence-electron chi connectivity index (χ0n) is 18.8. The molecule has 0 aliphatic heterocycles. The fraction of sp³-hybridized carbons (Fsp3) is 0.333. The van der Waals surface area contributed by atoms with E-state index in [0.717, 1.165) is 5.56 Å². The maximum absolute atomic E-state index is 12.4. The Labute approximate surface area is 193 Å². The van der Waals surface area contributed by atoms with E-state index in [2.05, 4.69) is 16.0 Å². The molecule has 0 bridgehead atoms. The van der Waals surface area contributed by atoms with E-state index in [-0.39, 0.29) is 12.1 Å². The molecule has 0 saturated heterocycles. The molecule has 0 aliphatic carbocycles. The van der Waals surface area contributed by atoms with Crippen LogP contribution in [0.15, 0.2) is 42.5 Å². The maximum Gasteiger partial charge on any atom is 0.407 e. The van der Waals surface area contributed by atoms with E-state index in [4.69, 9.17) is 20.0 Å². The third kappa shape index (κ3) is 7.75. The second-order valence-corrected chi connectivity index (χ2v) is 7.23. The molecule has 33 heavy (non-hydrogen) atoms. The van der Waals surface area contributed by atoms with E-state index >= 15 is 0 Å². The number of carbonyl (C=O) groups is 2. The van der Waals surface area contributed by atoms with Crippen molar-refractivity contribution in [3.05, 3.63) is 53.6 Å². The lowest BCUT2D eigenvalue weighted by Crippen LogP contribution is -2.31. The maximum atomic E-state index is 12.4. The topological polar surface area (TPSA) is 136 Å². The minimum atomic E-state index is -0.557. The van der Waals surface area contributed by atoms with Crippen molar-refractivity contribution in [1.82, 2.24) is 5.32 Å². The molecule has 0 saturated carbocycles. The summed E-state index contributed by atoms with van der Waals surface area (Å²) in [4.78, 5) is 24.6. The average Bonchev–Trinajstić information content (AvgIpc) is 2.81. The molecule has 0 aliphatic rings. The van der Waals surface area contributed by atoms with Crippen LogP contribution in [0.4, 0.5) is 21.0 Å². The molecule has 3 amide bonds. The van der Waals surface area contributed by atoms with Crippen LogP contribution < -0.4 is 20.7 Å². The van der Waals surface area contributed by atoms with Crippen molar-refractivity contribution in [2.75, 3.05) is 17.7 Å². The average molecular weight is 450 g/mol. The van der Waals surface area contributed by atoms with Gasteiger partial charge in [-0.15, -0.1) is 0 Å². The van der Waals surface area contributed by atoms with E-state index in [1.165, 1.54) is 7.11 Å². The molecule has 2 atom stereocenters. The Hall–Kier alpha value is -4.24. The normalized spacial score (nSPS) is 11.8. The van der Waals surface area contributed by atoms with Gasteiger partial charge in [0.1, 0.15) is 17.9 Å². The predicted octanol–water partition coefficient (Wildman–Crippen LogP) is 5.08. The molecule has 0 spiro atoms. The zero-order chi connectivity index (χ0) is 24.2. The summed E-state index contributed by atoms with van der Waals surface area (Å²) in [5, 5.41) is 26.0. The first-order valence-electron chi connectivity index (χ1n) is 10.5. The first kappa shape index (κ1) is 25.0. The molecule has 172 valence electrons. The number of nitrogens with one attached hydrogen (secondary N) is 3. The van der Waals surface area contributed by atoms with Crippen LogP contribution in [0.25, 0.3) is 0 Å². The summed E-state index contributed by atoms with van der Waals surface area (Å²) < 4.78 is 10.5. The minimum Gasteiger partial charge on any atom is -0.495 e. The van der Waals surface area contributed by atoms with Gasteiger partial charge in [-0.1, -0.05) is 19.1 Å². The molecule has 2 rings (SSSR count). The number of amides is 3. The van der Waals surface area contributed by atoms with Crippen molar-refractivity contribution in [3.8, 4) is 17.9 Å². The summed E-state index contributed by atoms with van der Waals surface area (Å²) >= 11 is 0. The third-order valence-corrected chi connectivity index (χ3v) is 4.87.